The number of rotatable bonds is 5. The molecule has 1 aliphatic rings. The first kappa shape index (κ1) is 21.2. The number of aromatic nitrogens is 4. The van der Waals surface area contributed by atoms with E-state index >= 15 is 0 Å². The zero-order valence-electron chi connectivity index (χ0n) is 18.2. The summed E-state index contributed by atoms with van der Waals surface area (Å²) in [6, 6.07) is 4.82. The van der Waals surface area contributed by atoms with Crippen LogP contribution in [0.2, 0.25) is 0 Å². The van der Waals surface area contributed by atoms with Gasteiger partial charge < -0.3 is 15.0 Å². The molecule has 8 nitrogen and oxygen atoms in total. The van der Waals surface area contributed by atoms with Crippen molar-refractivity contribution in [1.29, 1.82) is 0 Å². The number of nitrogens with zero attached hydrogens (tertiary/aromatic N) is 5. The van der Waals surface area contributed by atoms with E-state index in [1.807, 2.05) is 32.6 Å². The first-order valence-electron chi connectivity index (χ1n) is 10.5. The molecule has 1 amide bonds. The Kier molecular flexibility index (Phi) is 5.86. The van der Waals surface area contributed by atoms with Crippen molar-refractivity contribution in [3.05, 3.63) is 47.3 Å². The van der Waals surface area contributed by atoms with Gasteiger partial charge in [0, 0.05) is 36.6 Å². The number of fused-ring (bicyclic) bond motifs is 1. The van der Waals surface area contributed by atoms with Crippen LogP contribution in [0.15, 0.2) is 24.5 Å². The van der Waals surface area contributed by atoms with Crippen LogP contribution in [-0.4, -0.2) is 50.8 Å². The Morgan fingerprint density at radius 3 is 2.71 bits per heavy atom. The number of halogens is 1. The molecule has 164 valence electrons. The summed E-state index contributed by atoms with van der Waals surface area (Å²) < 4.78 is 22.1. The highest BCUT2D eigenvalue weighted by molar-refractivity contribution is 5.91. The predicted octanol–water partition coefficient (Wildman–Crippen LogP) is 3.07. The summed E-state index contributed by atoms with van der Waals surface area (Å²) in [4.78, 5) is 23.0. The summed E-state index contributed by atoms with van der Waals surface area (Å²) in [6.07, 6.45) is 2.31. The van der Waals surface area contributed by atoms with E-state index in [1.54, 1.807) is 16.6 Å². The summed E-state index contributed by atoms with van der Waals surface area (Å²) in [5.74, 6) is 0.00713. The third-order valence-corrected chi connectivity index (χ3v) is 5.58. The van der Waals surface area contributed by atoms with Crippen molar-refractivity contribution in [3.8, 4) is 0 Å². The van der Waals surface area contributed by atoms with Crippen LogP contribution in [-0.2, 0) is 16.0 Å². The summed E-state index contributed by atoms with van der Waals surface area (Å²) in [5, 5.41) is 6.96. The molecule has 9 heteroatoms. The lowest BCUT2D eigenvalue weighted by molar-refractivity contribution is -0.116. The van der Waals surface area contributed by atoms with E-state index in [-0.39, 0.29) is 30.4 Å². The maximum atomic E-state index is 14.8. The smallest absolute Gasteiger partial charge is 0.252 e. The number of ether oxygens (including phenoxy) is 1. The Bertz CT molecular complexity index is 1100. The molecule has 3 heterocycles. The van der Waals surface area contributed by atoms with Crippen LogP contribution in [0.5, 0.6) is 0 Å². The van der Waals surface area contributed by atoms with Gasteiger partial charge in [-0.1, -0.05) is 0 Å². The van der Waals surface area contributed by atoms with E-state index in [0.717, 1.165) is 17.0 Å². The molecule has 1 N–H and O–H groups in total. The van der Waals surface area contributed by atoms with Gasteiger partial charge in [0.15, 0.2) is 0 Å². The Balaban J connectivity index is 1.41. The van der Waals surface area contributed by atoms with E-state index < -0.39 is 0 Å². The third kappa shape index (κ3) is 4.51. The molecule has 0 aliphatic carbocycles. The lowest BCUT2D eigenvalue weighted by Gasteiger charge is -2.37. The quantitative estimate of drug-likeness (QED) is 0.675. The number of aryl methyl sites for hydroxylation is 2. The van der Waals surface area contributed by atoms with E-state index in [4.69, 9.17) is 4.74 Å². The van der Waals surface area contributed by atoms with Crippen LogP contribution >= 0.6 is 0 Å². The zero-order valence-corrected chi connectivity index (χ0v) is 18.2. The van der Waals surface area contributed by atoms with Crippen molar-refractivity contribution in [2.24, 2.45) is 0 Å². The predicted molar refractivity (Wildman–Crippen MR) is 116 cm³/mol. The molecule has 0 radical (unpaired) electrons. The summed E-state index contributed by atoms with van der Waals surface area (Å²) in [6.45, 7) is 9.07. The van der Waals surface area contributed by atoms with Crippen LogP contribution in [0, 0.1) is 19.7 Å². The number of benzene rings is 1. The molecular formula is C22H27FN6O2. The molecule has 1 saturated heterocycles. The minimum Gasteiger partial charge on any atom is -0.372 e. The Morgan fingerprint density at radius 2 is 2.00 bits per heavy atom. The fourth-order valence-corrected chi connectivity index (χ4v) is 4.19. The van der Waals surface area contributed by atoms with Crippen molar-refractivity contribution < 1.29 is 13.9 Å². The monoisotopic (exact) mass is 426 g/mol. The summed E-state index contributed by atoms with van der Waals surface area (Å²) in [7, 11) is 0. The van der Waals surface area contributed by atoms with Gasteiger partial charge in [-0.15, -0.1) is 0 Å². The van der Waals surface area contributed by atoms with Gasteiger partial charge in [0.1, 0.15) is 12.1 Å². The normalized spacial score (nSPS) is 19.1. The fraction of sp³-hybridized carbons (Fsp3) is 0.455. The molecular weight excluding hydrogens is 399 g/mol. The minimum absolute atomic E-state index is 0.0423. The lowest BCUT2D eigenvalue weighted by Crippen LogP contribution is -2.45. The fourth-order valence-electron chi connectivity index (χ4n) is 4.19. The van der Waals surface area contributed by atoms with Gasteiger partial charge in [0.2, 0.25) is 5.91 Å². The minimum atomic E-state index is -0.355. The molecule has 0 bridgehead atoms. The van der Waals surface area contributed by atoms with E-state index in [0.29, 0.717) is 36.7 Å². The average molecular weight is 426 g/mol. The highest BCUT2D eigenvalue weighted by atomic mass is 19.1. The molecule has 1 aromatic carbocycles. The van der Waals surface area contributed by atoms with Gasteiger partial charge in [-0.2, -0.15) is 10.1 Å². The second-order valence-corrected chi connectivity index (χ2v) is 8.11. The van der Waals surface area contributed by atoms with Gasteiger partial charge in [-0.25, -0.2) is 13.9 Å². The van der Waals surface area contributed by atoms with Gasteiger partial charge in [0.05, 0.1) is 17.9 Å². The van der Waals surface area contributed by atoms with Gasteiger partial charge in [-0.05, 0) is 57.9 Å². The van der Waals surface area contributed by atoms with Crippen LogP contribution < -0.4 is 10.2 Å². The number of hydrogen-bond donors (Lipinski definition) is 1. The molecule has 0 saturated carbocycles. The number of amides is 1. The molecule has 1 fully saturated rings. The second-order valence-electron chi connectivity index (χ2n) is 8.11. The van der Waals surface area contributed by atoms with Crippen molar-refractivity contribution in [2.75, 3.05) is 23.3 Å². The zero-order chi connectivity index (χ0) is 22.1. The van der Waals surface area contributed by atoms with Crippen LogP contribution in [0.3, 0.4) is 0 Å². The van der Waals surface area contributed by atoms with Gasteiger partial charge in [-0.3, -0.25) is 4.79 Å². The number of nitrogens with one attached hydrogen (secondary N) is 1. The number of hydrogen-bond acceptors (Lipinski definition) is 6. The maximum Gasteiger partial charge on any atom is 0.252 e. The first-order valence-corrected chi connectivity index (χ1v) is 10.5. The largest absolute Gasteiger partial charge is 0.372 e. The maximum absolute atomic E-state index is 14.8. The van der Waals surface area contributed by atoms with Crippen molar-refractivity contribution >= 4 is 23.1 Å². The van der Waals surface area contributed by atoms with Gasteiger partial charge >= 0.3 is 0 Å². The molecule has 2 unspecified atom stereocenters. The number of carbonyl (C=O) groups excluding carboxylic acids is 1. The number of morpholine rings is 1. The molecule has 4 rings (SSSR count). The van der Waals surface area contributed by atoms with E-state index in [1.165, 1.54) is 12.4 Å². The molecule has 0 spiro atoms. The van der Waals surface area contributed by atoms with Crippen molar-refractivity contribution in [3.63, 3.8) is 0 Å². The van der Waals surface area contributed by atoms with Crippen LogP contribution in [0.25, 0.3) is 5.78 Å². The Morgan fingerprint density at radius 1 is 1.26 bits per heavy atom. The highest BCUT2D eigenvalue weighted by Crippen LogP contribution is 2.26. The second kappa shape index (κ2) is 8.58. The number of anilines is 2. The first-order chi connectivity index (χ1) is 14.8. The van der Waals surface area contributed by atoms with Gasteiger partial charge in [0.25, 0.3) is 5.78 Å². The Labute approximate surface area is 180 Å². The van der Waals surface area contributed by atoms with Crippen LogP contribution in [0.4, 0.5) is 15.8 Å². The Hall–Kier alpha value is -3.07. The van der Waals surface area contributed by atoms with Crippen molar-refractivity contribution in [2.45, 2.75) is 52.7 Å². The van der Waals surface area contributed by atoms with E-state index in [9.17, 15) is 9.18 Å². The summed E-state index contributed by atoms with van der Waals surface area (Å²) in [5.41, 5.74) is 3.68. The standard InChI is InChI=1S/C22H27FN6O2/c1-13-10-28(11-14(2)31-13)20-7-5-17(9-19(20)23)27-21(30)8-6-18-15(3)26-22-24-12-25-29(22)16(18)4/h5,7,9,12-14H,6,8,10-11H2,1-4H3,(H,27,30). The third-order valence-electron chi connectivity index (χ3n) is 5.58. The molecule has 2 atom stereocenters. The SMILES string of the molecule is Cc1nc2ncnn2c(C)c1CCC(=O)Nc1ccc(N2CC(C)OC(C)C2)c(F)c1. The van der Waals surface area contributed by atoms with Crippen molar-refractivity contribution in [1.82, 2.24) is 19.6 Å². The van der Waals surface area contributed by atoms with Crippen LogP contribution in [0.1, 0.15) is 37.2 Å². The lowest BCUT2D eigenvalue weighted by atomic mass is 10.1. The molecule has 2 aromatic heterocycles. The summed E-state index contributed by atoms with van der Waals surface area (Å²) >= 11 is 0. The molecule has 1 aliphatic heterocycles. The topological polar surface area (TPSA) is 84.6 Å². The van der Waals surface area contributed by atoms with E-state index in [2.05, 4.69) is 20.4 Å². The average Bonchev–Trinajstić information content (AvgIpc) is 3.15. The number of carbonyl (C=O) groups is 1. The highest BCUT2D eigenvalue weighted by Gasteiger charge is 2.24. The molecule has 31 heavy (non-hydrogen) atoms. The molecule has 3 aromatic rings.